The molecule has 0 atom stereocenters. The molecular weight excluding hydrogens is 516 g/mol. The van der Waals surface area contributed by atoms with E-state index in [2.05, 4.69) is 41.1 Å². The highest BCUT2D eigenvalue weighted by molar-refractivity contribution is 5.92. The van der Waals surface area contributed by atoms with E-state index in [9.17, 15) is 9.59 Å². The third-order valence-electron chi connectivity index (χ3n) is 5.85. The second-order valence-corrected chi connectivity index (χ2v) is 8.71. The first-order chi connectivity index (χ1) is 19.3. The largest absolute Gasteiger partial charge is 0.493 e. The maximum Gasteiger partial charge on any atom is 0.307 e. The Labute approximate surface area is 231 Å². The molecule has 0 saturated carbocycles. The van der Waals surface area contributed by atoms with Gasteiger partial charge in [-0.15, -0.1) is 0 Å². The zero-order valence-electron chi connectivity index (χ0n) is 22.6. The number of primary amides is 1. The van der Waals surface area contributed by atoms with E-state index in [0.29, 0.717) is 28.6 Å². The van der Waals surface area contributed by atoms with Crippen molar-refractivity contribution in [3.8, 4) is 28.7 Å². The van der Waals surface area contributed by atoms with Gasteiger partial charge in [0.2, 0.25) is 5.75 Å². The minimum Gasteiger partial charge on any atom is -0.493 e. The standard InChI is InChI=1S/C29H30N4O7/c1-18-5-6-19(2)33(18)21-7-9-22(10-8-21)38-16-23-11-12-24(40-23)29(35)32-31-15-20-13-25(36-3)28(26(14-20)37-4)39-17-27(30)34/h5-15H,16-17H2,1-4H3,(H2,30,34)(H,32,35)/b31-15+. The number of carbonyl (C=O) groups is 2. The Morgan fingerprint density at radius 2 is 1.60 bits per heavy atom. The lowest BCUT2D eigenvalue weighted by Crippen LogP contribution is -2.20. The molecule has 0 saturated heterocycles. The first kappa shape index (κ1) is 27.8. The number of amides is 2. The predicted molar refractivity (Wildman–Crippen MR) is 148 cm³/mol. The van der Waals surface area contributed by atoms with Crippen molar-refractivity contribution in [1.82, 2.24) is 9.99 Å². The molecule has 11 heteroatoms. The highest BCUT2D eigenvalue weighted by atomic mass is 16.5. The lowest BCUT2D eigenvalue weighted by Gasteiger charge is -2.14. The molecule has 40 heavy (non-hydrogen) atoms. The summed E-state index contributed by atoms with van der Waals surface area (Å²) in [6.45, 7) is 3.93. The smallest absolute Gasteiger partial charge is 0.307 e. The zero-order valence-corrected chi connectivity index (χ0v) is 22.6. The molecule has 4 aromatic rings. The van der Waals surface area contributed by atoms with Crippen molar-refractivity contribution in [3.05, 3.63) is 89.1 Å². The van der Waals surface area contributed by atoms with Crippen LogP contribution < -0.4 is 30.1 Å². The van der Waals surface area contributed by atoms with E-state index in [-0.39, 0.29) is 24.7 Å². The zero-order chi connectivity index (χ0) is 28.6. The van der Waals surface area contributed by atoms with Gasteiger partial charge in [0.1, 0.15) is 18.1 Å². The fourth-order valence-corrected chi connectivity index (χ4v) is 3.98. The number of aryl methyl sites for hydroxylation is 2. The number of ether oxygens (including phenoxy) is 4. The van der Waals surface area contributed by atoms with Gasteiger partial charge in [0, 0.05) is 22.6 Å². The van der Waals surface area contributed by atoms with Crippen molar-refractivity contribution in [1.29, 1.82) is 0 Å². The van der Waals surface area contributed by atoms with E-state index < -0.39 is 11.8 Å². The summed E-state index contributed by atoms with van der Waals surface area (Å²) in [5, 5.41) is 3.97. The van der Waals surface area contributed by atoms with Gasteiger partial charge in [-0.25, -0.2) is 5.43 Å². The topological polar surface area (TPSA) is 140 Å². The van der Waals surface area contributed by atoms with Gasteiger partial charge in [-0.2, -0.15) is 5.10 Å². The summed E-state index contributed by atoms with van der Waals surface area (Å²) in [5.41, 5.74) is 11.5. The SMILES string of the molecule is COc1cc(/C=N/NC(=O)c2ccc(COc3ccc(-n4c(C)ccc4C)cc3)o2)cc(OC)c1OCC(N)=O. The van der Waals surface area contributed by atoms with Crippen molar-refractivity contribution in [2.75, 3.05) is 20.8 Å². The van der Waals surface area contributed by atoms with Crippen LogP contribution in [0.3, 0.4) is 0 Å². The fraction of sp³-hybridized carbons (Fsp3) is 0.207. The van der Waals surface area contributed by atoms with Crippen molar-refractivity contribution < 1.29 is 33.0 Å². The lowest BCUT2D eigenvalue weighted by atomic mass is 10.2. The minimum absolute atomic E-state index is 0.0787. The second-order valence-electron chi connectivity index (χ2n) is 8.71. The molecule has 0 aliphatic heterocycles. The van der Waals surface area contributed by atoms with Crippen LogP contribution >= 0.6 is 0 Å². The number of hydrogen-bond donors (Lipinski definition) is 2. The minimum atomic E-state index is -0.641. The summed E-state index contributed by atoms with van der Waals surface area (Å²) in [7, 11) is 2.88. The summed E-state index contributed by atoms with van der Waals surface area (Å²) in [6, 6.07) is 18.3. The Morgan fingerprint density at radius 3 is 2.20 bits per heavy atom. The van der Waals surface area contributed by atoms with Crippen LogP contribution in [0.5, 0.6) is 23.0 Å². The Balaban J connectivity index is 1.33. The molecular formula is C29H30N4O7. The molecule has 0 radical (unpaired) electrons. The molecule has 2 amide bonds. The number of nitrogens with one attached hydrogen (secondary N) is 1. The first-order valence-corrected chi connectivity index (χ1v) is 12.3. The fourth-order valence-electron chi connectivity index (χ4n) is 3.98. The van der Waals surface area contributed by atoms with Gasteiger partial charge in [0.15, 0.2) is 23.9 Å². The van der Waals surface area contributed by atoms with E-state index in [1.165, 1.54) is 20.4 Å². The lowest BCUT2D eigenvalue weighted by molar-refractivity contribution is -0.120. The maximum atomic E-state index is 12.5. The molecule has 2 aromatic carbocycles. The van der Waals surface area contributed by atoms with E-state index in [1.807, 2.05) is 24.3 Å². The van der Waals surface area contributed by atoms with E-state index in [1.54, 1.807) is 24.3 Å². The molecule has 0 aliphatic rings. The van der Waals surface area contributed by atoms with Crippen molar-refractivity contribution in [2.45, 2.75) is 20.5 Å². The molecule has 0 aliphatic carbocycles. The molecule has 0 unspecified atom stereocenters. The molecule has 0 bridgehead atoms. The Morgan fingerprint density at radius 1 is 0.950 bits per heavy atom. The van der Waals surface area contributed by atoms with Gasteiger partial charge in [0.25, 0.3) is 5.91 Å². The summed E-state index contributed by atoms with van der Waals surface area (Å²) < 4.78 is 29.6. The average Bonchev–Trinajstić information content (AvgIpc) is 3.56. The van der Waals surface area contributed by atoms with Gasteiger partial charge in [-0.3, -0.25) is 9.59 Å². The molecule has 4 rings (SSSR count). The Kier molecular flexibility index (Phi) is 8.75. The Hall–Kier alpha value is -5.19. The van der Waals surface area contributed by atoms with Crippen molar-refractivity contribution in [2.24, 2.45) is 10.8 Å². The van der Waals surface area contributed by atoms with Crippen LogP contribution in [-0.4, -0.2) is 43.4 Å². The van der Waals surface area contributed by atoms with Crippen LogP contribution in [0, 0.1) is 13.8 Å². The maximum absolute atomic E-state index is 12.5. The third kappa shape index (κ3) is 6.62. The average molecular weight is 547 g/mol. The predicted octanol–water partition coefficient (Wildman–Crippen LogP) is 3.91. The number of nitrogens with two attached hydrogens (primary N) is 1. The second kappa shape index (κ2) is 12.6. The monoisotopic (exact) mass is 546 g/mol. The van der Waals surface area contributed by atoms with Crippen LogP contribution in [0.2, 0.25) is 0 Å². The van der Waals surface area contributed by atoms with E-state index in [4.69, 9.17) is 29.1 Å². The van der Waals surface area contributed by atoms with Gasteiger partial charge >= 0.3 is 5.91 Å². The number of hydrogen-bond acceptors (Lipinski definition) is 8. The van der Waals surface area contributed by atoms with Gasteiger partial charge in [0.05, 0.1) is 20.4 Å². The number of benzene rings is 2. The number of rotatable bonds is 12. The molecule has 3 N–H and O–H groups in total. The summed E-state index contributed by atoms with van der Waals surface area (Å²) >= 11 is 0. The first-order valence-electron chi connectivity index (χ1n) is 12.3. The number of nitrogens with zero attached hydrogens (tertiary/aromatic N) is 2. The van der Waals surface area contributed by atoms with E-state index in [0.717, 1.165) is 17.1 Å². The third-order valence-corrected chi connectivity index (χ3v) is 5.85. The number of carbonyl (C=O) groups excluding carboxylic acids is 2. The van der Waals surface area contributed by atoms with Crippen LogP contribution in [0.25, 0.3) is 5.69 Å². The molecule has 11 nitrogen and oxygen atoms in total. The number of furan rings is 1. The molecule has 2 heterocycles. The van der Waals surface area contributed by atoms with E-state index >= 15 is 0 Å². The van der Waals surface area contributed by atoms with Gasteiger partial charge in [-0.05, 0) is 74.5 Å². The van der Waals surface area contributed by atoms with Gasteiger partial charge < -0.3 is 33.7 Å². The Bertz CT molecular complexity index is 1480. The van der Waals surface area contributed by atoms with Crippen LogP contribution in [0.4, 0.5) is 0 Å². The highest BCUT2D eigenvalue weighted by Crippen LogP contribution is 2.38. The number of hydrazone groups is 1. The van der Waals surface area contributed by atoms with Crippen molar-refractivity contribution >= 4 is 18.0 Å². The van der Waals surface area contributed by atoms with Crippen molar-refractivity contribution in [3.63, 3.8) is 0 Å². The van der Waals surface area contributed by atoms with Gasteiger partial charge in [-0.1, -0.05) is 0 Å². The van der Waals surface area contributed by atoms with Crippen LogP contribution in [0.15, 0.2) is 70.2 Å². The summed E-state index contributed by atoms with van der Waals surface area (Å²) in [4.78, 5) is 23.6. The molecule has 0 spiro atoms. The number of methoxy groups -OCH3 is 2. The summed E-state index contributed by atoms with van der Waals surface area (Å²) in [6.07, 6.45) is 1.40. The quantitative estimate of drug-likeness (QED) is 0.203. The molecule has 2 aromatic heterocycles. The van der Waals surface area contributed by atoms with Crippen LogP contribution in [0.1, 0.15) is 33.3 Å². The molecule has 208 valence electrons. The summed E-state index contributed by atoms with van der Waals surface area (Å²) in [5.74, 6) is 0.878. The number of aromatic nitrogens is 1. The molecule has 0 fully saturated rings. The normalized spacial score (nSPS) is 10.9. The van der Waals surface area contributed by atoms with Crippen LogP contribution in [-0.2, 0) is 11.4 Å². The highest BCUT2D eigenvalue weighted by Gasteiger charge is 2.15.